The van der Waals surface area contributed by atoms with Gasteiger partial charge in [0.1, 0.15) is 4.87 Å². The molecule has 0 aromatic rings. The molecule has 14 heavy (non-hydrogen) atoms. The van der Waals surface area contributed by atoms with Gasteiger partial charge in [0.05, 0.1) is 5.88 Å². The van der Waals surface area contributed by atoms with Crippen LogP contribution in [0.4, 0.5) is 0 Å². The normalized spacial score (nSPS) is 12.7. The Labute approximate surface area is 104 Å². The summed E-state index contributed by atoms with van der Waals surface area (Å²) in [5.74, 6) is -0.850. The average molecular weight is 282 g/mol. The van der Waals surface area contributed by atoms with E-state index in [4.69, 9.17) is 51.1 Å². The third-order valence-corrected chi connectivity index (χ3v) is 3.64. The average Bonchev–Trinajstić information content (AvgIpc) is 2.16. The Kier molecular flexibility index (Phi) is 5.90. The minimum Gasteiger partial charge on any atom is -0.426 e. The fourth-order valence-corrected chi connectivity index (χ4v) is 1.03. The van der Waals surface area contributed by atoms with Crippen LogP contribution in [0.15, 0.2) is 0 Å². The maximum Gasteiger partial charge on any atom is 0.329 e. The van der Waals surface area contributed by atoms with Gasteiger partial charge in [-0.05, 0) is 12.8 Å². The van der Waals surface area contributed by atoms with Crippen molar-refractivity contribution < 1.29 is 9.53 Å². The van der Waals surface area contributed by atoms with Gasteiger partial charge in [-0.15, -0.1) is 23.2 Å². The lowest BCUT2D eigenvalue weighted by atomic mass is 10.0. The number of alkyl halides is 4. The van der Waals surface area contributed by atoms with E-state index in [1.807, 2.05) is 0 Å². The van der Waals surface area contributed by atoms with Crippen LogP contribution in [0.2, 0.25) is 0 Å². The highest BCUT2D eigenvalue weighted by Gasteiger charge is 2.39. The molecule has 0 saturated carbocycles. The Morgan fingerprint density at radius 3 is 1.93 bits per heavy atom. The van der Waals surface area contributed by atoms with Crippen molar-refractivity contribution in [1.29, 1.82) is 0 Å². The quantitative estimate of drug-likeness (QED) is 0.567. The Morgan fingerprint density at radius 2 is 1.64 bits per heavy atom. The first-order valence-electron chi connectivity index (χ1n) is 4.17. The lowest BCUT2D eigenvalue weighted by Gasteiger charge is -2.26. The summed E-state index contributed by atoms with van der Waals surface area (Å²) >= 11 is 22.5. The molecule has 0 aliphatic carbocycles. The molecule has 2 nitrogen and oxygen atoms in total. The molecule has 0 heterocycles. The van der Waals surface area contributed by atoms with Crippen molar-refractivity contribution in [3.8, 4) is 0 Å². The molecule has 0 spiro atoms. The van der Waals surface area contributed by atoms with E-state index in [9.17, 15) is 4.79 Å². The summed E-state index contributed by atoms with van der Waals surface area (Å²) < 4.78 is 3.06. The molecule has 0 aromatic carbocycles. The molecule has 6 heteroatoms. The van der Waals surface area contributed by atoms with E-state index in [0.717, 1.165) is 0 Å². The third-order valence-electron chi connectivity index (χ3n) is 1.88. The lowest BCUT2D eigenvalue weighted by Crippen LogP contribution is -2.38. The van der Waals surface area contributed by atoms with Crippen molar-refractivity contribution in [2.75, 3.05) is 5.88 Å². The highest BCUT2D eigenvalue weighted by Crippen LogP contribution is 2.31. The molecule has 84 valence electrons. The second-order valence-corrected chi connectivity index (χ2v) is 5.24. The summed E-state index contributed by atoms with van der Waals surface area (Å²) in [5, 5.41) is 0. The van der Waals surface area contributed by atoms with Crippen LogP contribution in [-0.2, 0) is 9.53 Å². The Morgan fingerprint density at radius 1 is 1.21 bits per heavy atom. The highest BCUT2D eigenvalue weighted by molar-refractivity contribution is 6.51. The molecular formula is C8H12Cl4O2. The molecule has 0 rings (SSSR count). The number of halogens is 4. The van der Waals surface area contributed by atoms with Crippen molar-refractivity contribution in [3.05, 3.63) is 0 Å². The fraction of sp³-hybridized carbons (Fsp3) is 0.875. The van der Waals surface area contributed by atoms with Crippen LogP contribution >= 0.6 is 46.4 Å². The Hall–Kier alpha value is 0.630. The molecule has 0 unspecified atom stereocenters. The molecular weight excluding hydrogens is 270 g/mol. The molecule has 0 amide bonds. The monoisotopic (exact) mass is 280 g/mol. The summed E-state index contributed by atoms with van der Waals surface area (Å²) in [6.45, 7) is 3.56. The van der Waals surface area contributed by atoms with Gasteiger partial charge >= 0.3 is 5.97 Å². The van der Waals surface area contributed by atoms with Gasteiger partial charge in [0.15, 0.2) is 0 Å². The summed E-state index contributed by atoms with van der Waals surface area (Å²) in [6.07, 6.45) is 0.881. The molecule has 0 fully saturated rings. The molecule has 0 aliphatic rings. The lowest BCUT2D eigenvalue weighted by molar-refractivity contribution is -0.150. The van der Waals surface area contributed by atoms with E-state index in [1.165, 1.54) is 0 Å². The second kappa shape index (κ2) is 5.64. The van der Waals surface area contributed by atoms with Gasteiger partial charge in [-0.2, -0.15) is 0 Å². The van der Waals surface area contributed by atoms with Gasteiger partial charge < -0.3 is 4.74 Å². The zero-order valence-corrected chi connectivity index (χ0v) is 11.0. The summed E-state index contributed by atoms with van der Waals surface area (Å²) in [7, 11) is 0. The number of esters is 1. The van der Waals surface area contributed by atoms with Crippen LogP contribution < -0.4 is 0 Å². The van der Waals surface area contributed by atoms with Crippen LogP contribution in [-0.4, -0.2) is 21.2 Å². The first kappa shape index (κ1) is 14.6. The van der Waals surface area contributed by atoms with Gasteiger partial charge in [-0.25, -0.2) is 0 Å². The van der Waals surface area contributed by atoms with Gasteiger partial charge in [-0.3, -0.25) is 4.79 Å². The summed E-state index contributed by atoms with van der Waals surface area (Å²) in [6, 6.07) is 0. The van der Waals surface area contributed by atoms with Crippen LogP contribution in [0, 0.1) is 0 Å². The van der Waals surface area contributed by atoms with Crippen LogP contribution in [0.3, 0.4) is 0 Å². The maximum absolute atomic E-state index is 11.5. The van der Waals surface area contributed by atoms with Gasteiger partial charge in [-0.1, -0.05) is 37.0 Å². The Bertz CT molecular complexity index is 202. The van der Waals surface area contributed by atoms with Crippen LogP contribution in [0.25, 0.3) is 0 Å². The van der Waals surface area contributed by atoms with Crippen molar-refractivity contribution in [1.82, 2.24) is 0 Å². The number of hydrogen-bond acceptors (Lipinski definition) is 2. The molecule has 0 bridgehead atoms. The van der Waals surface area contributed by atoms with Crippen molar-refractivity contribution in [2.45, 2.75) is 36.1 Å². The number of carbonyl (C=O) groups excluding carboxylic acids is 1. The second-order valence-electron chi connectivity index (χ2n) is 2.83. The largest absolute Gasteiger partial charge is 0.426 e. The first-order chi connectivity index (χ1) is 6.31. The predicted molar refractivity (Wildman–Crippen MR) is 60.4 cm³/mol. The van der Waals surface area contributed by atoms with E-state index in [2.05, 4.69) is 0 Å². The van der Waals surface area contributed by atoms with E-state index in [1.54, 1.807) is 13.8 Å². The highest BCUT2D eigenvalue weighted by atomic mass is 35.5. The molecule has 0 aliphatic heterocycles. The third kappa shape index (κ3) is 4.01. The van der Waals surface area contributed by atoms with Gasteiger partial charge in [0.25, 0.3) is 4.52 Å². The zero-order valence-electron chi connectivity index (χ0n) is 7.95. The van der Waals surface area contributed by atoms with E-state index < -0.39 is 15.4 Å². The number of carbonyl (C=O) groups is 1. The number of hydrogen-bond donors (Lipinski definition) is 0. The van der Waals surface area contributed by atoms with Crippen LogP contribution in [0.5, 0.6) is 0 Å². The van der Waals surface area contributed by atoms with Crippen molar-refractivity contribution >= 4 is 52.4 Å². The number of ether oxygens (including phenoxy) is 1. The molecule has 0 N–H and O–H groups in total. The summed E-state index contributed by atoms with van der Waals surface area (Å²) in [4.78, 5) is 10.5. The SMILES string of the molecule is CCC(Cl)(CC)C(=O)OC(Cl)(Cl)CCl. The standard InChI is InChI=1S/C8H12Cl4O2/c1-3-7(10,4-2)6(13)14-8(11,12)5-9/h3-5H2,1-2H3. The predicted octanol–water partition coefficient (Wildman–Crippen LogP) is 3.70. The van der Waals surface area contributed by atoms with E-state index >= 15 is 0 Å². The van der Waals surface area contributed by atoms with E-state index in [-0.39, 0.29) is 5.88 Å². The molecule has 0 atom stereocenters. The number of rotatable bonds is 5. The van der Waals surface area contributed by atoms with Crippen LogP contribution in [0.1, 0.15) is 26.7 Å². The molecule has 0 saturated heterocycles. The maximum atomic E-state index is 11.5. The Balaban J connectivity index is 4.48. The topological polar surface area (TPSA) is 26.3 Å². The smallest absolute Gasteiger partial charge is 0.329 e. The molecule has 0 aromatic heterocycles. The van der Waals surface area contributed by atoms with E-state index in [0.29, 0.717) is 12.8 Å². The summed E-state index contributed by atoms with van der Waals surface area (Å²) in [5.41, 5.74) is 0. The fourth-order valence-electron chi connectivity index (χ4n) is 0.793. The van der Waals surface area contributed by atoms with Crippen molar-refractivity contribution in [2.24, 2.45) is 0 Å². The minimum atomic E-state index is -1.71. The van der Waals surface area contributed by atoms with Gasteiger partial charge in [0.2, 0.25) is 0 Å². The van der Waals surface area contributed by atoms with Crippen molar-refractivity contribution in [3.63, 3.8) is 0 Å². The molecule has 0 radical (unpaired) electrons. The minimum absolute atomic E-state index is 0.206. The first-order valence-corrected chi connectivity index (χ1v) is 5.84. The zero-order chi connectivity index (χ0) is 11.4. The van der Waals surface area contributed by atoms with Gasteiger partial charge in [0, 0.05) is 0 Å².